The molecule has 0 aliphatic carbocycles. The first-order chi connectivity index (χ1) is 9.51. The Bertz CT molecular complexity index is 524. The largest absolute Gasteiger partial charge is 0.382 e. The fourth-order valence-electron chi connectivity index (χ4n) is 1.33. The minimum absolute atomic E-state index is 0.0124. The highest BCUT2D eigenvalue weighted by Crippen LogP contribution is 2.21. The minimum Gasteiger partial charge on any atom is -0.382 e. The van der Waals surface area contributed by atoms with E-state index in [9.17, 15) is 8.42 Å². The minimum atomic E-state index is -3.64. The van der Waals surface area contributed by atoms with E-state index >= 15 is 0 Å². The normalized spacial score (nSPS) is 11.6. The molecule has 0 bridgehead atoms. The van der Waals surface area contributed by atoms with Crippen molar-refractivity contribution in [2.75, 3.05) is 45.8 Å². The van der Waals surface area contributed by atoms with Crippen LogP contribution in [0.4, 0.5) is 5.82 Å². The number of aromatic nitrogens is 1. The molecule has 1 aromatic heterocycles. The van der Waals surface area contributed by atoms with Crippen molar-refractivity contribution in [1.29, 1.82) is 0 Å². The lowest BCUT2D eigenvalue weighted by Crippen LogP contribution is -2.28. The number of anilines is 1. The molecule has 0 spiro atoms. The topological polar surface area (TPSA) is 89.6 Å². The smallest absolute Gasteiger partial charge is 0.242 e. The highest BCUT2D eigenvalue weighted by molar-refractivity contribution is 7.89. The van der Waals surface area contributed by atoms with Crippen molar-refractivity contribution in [3.8, 4) is 0 Å². The Labute approximate surface area is 123 Å². The van der Waals surface area contributed by atoms with Crippen LogP contribution in [0.1, 0.15) is 0 Å². The van der Waals surface area contributed by atoms with Gasteiger partial charge in [0.2, 0.25) is 10.0 Å². The van der Waals surface area contributed by atoms with Gasteiger partial charge in [0.05, 0.1) is 24.8 Å². The second-order valence-corrected chi connectivity index (χ2v) is 5.93. The van der Waals surface area contributed by atoms with Gasteiger partial charge in [-0.15, -0.1) is 0 Å². The Morgan fingerprint density at radius 1 is 1.35 bits per heavy atom. The number of hydrogen-bond acceptors (Lipinski definition) is 6. The summed E-state index contributed by atoms with van der Waals surface area (Å²) in [5.74, 6) is 0.425. The van der Waals surface area contributed by atoms with Crippen LogP contribution < -0.4 is 10.0 Å². The van der Waals surface area contributed by atoms with Gasteiger partial charge in [-0.1, -0.05) is 11.6 Å². The van der Waals surface area contributed by atoms with Gasteiger partial charge in [0.1, 0.15) is 10.7 Å². The number of nitrogens with zero attached hydrogens (tertiary/aromatic N) is 1. The van der Waals surface area contributed by atoms with Crippen molar-refractivity contribution < 1.29 is 17.9 Å². The molecule has 0 saturated heterocycles. The molecular weight excluding hydrogens is 306 g/mol. The quantitative estimate of drug-likeness (QED) is 0.651. The highest BCUT2D eigenvalue weighted by atomic mass is 35.5. The summed E-state index contributed by atoms with van der Waals surface area (Å²) in [5.41, 5.74) is 0. The van der Waals surface area contributed by atoms with Crippen LogP contribution in [0.15, 0.2) is 17.2 Å². The average Bonchev–Trinajstić information content (AvgIpc) is 2.42. The third kappa shape index (κ3) is 5.22. The van der Waals surface area contributed by atoms with Crippen LogP contribution in [0.25, 0.3) is 0 Å². The Balaban J connectivity index is 2.54. The molecule has 1 rings (SSSR count). The molecule has 9 heteroatoms. The van der Waals surface area contributed by atoms with Gasteiger partial charge in [-0.3, -0.25) is 0 Å². The maximum Gasteiger partial charge on any atom is 0.242 e. The van der Waals surface area contributed by atoms with Crippen molar-refractivity contribution in [3.63, 3.8) is 0 Å². The Kier molecular flexibility index (Phi) is 7.17. The molecular formula is C11H18ClN3O4S. The van der Waals surface area contributed by atoms with Crippen molar-refractivity contribution in [2.24, 2.45) is 0 Å². The highest BCUT2D eigenvalue weighted by Gasteiger charge is 2.15. The van der Waals surface area contributed by atoms with Crippen LogP contribution >= 0.6 is 11.6 Å². The third-order valence-electron chi connectivity index (χ3n) is 2.33. The first-order valence-corrected chi connectivity index (χ1v) is 7.77. The molecule has 20 heavy (non-hydrogen) atoms. The predicted octanol–water partition coefficient (Wildman–Crippen LogP) is 0.718. The van der Waals surface area contributed by atoms with E-state index in [0.29, 0.717) is 19.0 Å². The summed E-state index contributed by atoms with van der Waals surface area (Å²) in [6.07, 6.45) is 1.24. The molecule has 114 valence electrons. The standard InChI is InChI=1S/C11H18ClN3O4S/c1-13-11-10(12)7-9(8-14-11)20(16,17)15-3-4-19-6-5-18-2/h7-8,15H,3-6H2,1-2H3,(H,13,14). The van der Waals surface area contributed by atoms with Crippen LogP contribution in [0.2, 0.25) is 5.02 Å². The van der Waals surface area contributed by atoms with E-state index in [4.69, 9.17) is 21.1 Å². The number of halogens is 1. The lowest BCUT2D eigenvalue weighted by molar-refractivity contribution is 0.0736. The van der Waals surface area contributed by atoms with Gasteiger partial charge in [0, 0.05) is 26.9 Å². The molecule has 0 amide bonds. The van der Waals surface area contributed by atoms with E-state index in [0.717, 1.165) is 0 Å². The summed E-state index contributed by atoms with van der Waals surface area (Å²) in [4.78, 5) is 3.93. The molecule has 0 aliphatic rings. The van der Waals surface area contributed by atoms with E-state index in [2.05, 4.69) is 15.0 Å². The third-order valence-corrected chi connectivity index (χ3v) is 4.05. The number of pyridine rings is 1. The van der Waals surface area contributed by atoms with Crippen molar-refractivity contribution >= 4 is 27.4 Å². The van der Waals surface area contributed by atoms with E-state index in [-0.39, 0.29) is 23.1 Å². The van der Waals surface area contributed by atoms with Crippen LogP contribution in [-0.2, 0) is 19.5 Å². The fraction of sp³-hybridized carbons (Fsp3) is 0.545. The van der Waals surface area contributed by atoms with E-state index in [1.165, 1.54) is 12.3 Å². The lowest BCUT2D eigenvalue weighted by Gasteiger charge is -2.09. The molecule has 1 heterocycles. The Morgan fingerprint density at radius 2 is 2.10 bits per heavy atom. The monoisotopic (exact) mass is 323 g/mol. The maximum absolute atomic E-state index is 12.0. The van der Waals surface area contributed by atoms with Gasteiger partial charge < -0.3 is 14.8 Å². The zero-order chi connectivity index (χ0) is 15.0. The first-order valence-electron chi connectivity index (χ1n) is 5.91. The molecule has 2 N–H and O–H groups in total. The number of nitrogens with one attached hydrogen (secondary N) is 2. The number of hydrogen-bond donors (Lipinski definition) is 2. The number of sulfonamides is 1. The molecule has 0 radical (unpaired) electrons. The average molecular weight is 324 g/mol. The van der Waals surface area contributed by atoms with Crippen LogP contribution in [0.5, 0.6) is 0 Å². The molecule has 0 aromatic carbocycles. The lowest BCUT2D eigenvalue weighted by atomic mass is 10.4. The second-order valence-electron chi connectivity index (χ2n) is 3.75. The molecule has 0 fully saturated rings. The summed E-state index contributed by atoms with van der Waals surface area (Å²) < 4.78 is 36.3. The summed E-state index contributed by atoms with van der Waals surface area (Å²) in [7, 11) is -0.419. The summed E-state index contributed by atoms with van der Waals surface area (Å²) in [6.45, 7) is 1.32. The zero-order valence-electron chi connectivity index (χ0n) is 11.3. The van der Waals surface area contributed by atoms with Gasteiger partial charge >= 0.3 is 0 Å². The summed E-state index contributed by atoms with van der Waals surface area (Å²) >= 11 is 5.90. The Morgan fingerprint density at radius 3 is 2.70 bits per heavy atom. The predicted molar refractivity (Wildman–Crippen MR) is 76.7 cm³/mol. The summed E-state index contributed by atoms with van der Waals surface area (Å²) in [6, 6.07) is 1.34. The van der Waals surface area contributed by atoms with Crippen LogP contribution in [0.3, 0.4) is 0 Å². The Hall–Kier alpha value is -0.930. The number of rotatable bonds is 9. The van der Waals surface area contributed by atoms with Crippen molar-refractivity contribution in [3.05, 3.63) is 17.3 Å². The first kappa shape index (κ1) is 17.1. The van der Waals surface area contributed by atoms with E-state index < -0.39 is 10.0 Å². The molecule has 0 atom stereocenters. The van der Waals surface area contributed by atoms with E-state index in [1.54, 1.807) is 14.2 Å². The van der Waals surface area contributed by atoms with Gasteiger partial charge in [0.25, 0.3) is 0 Å². The van der Waals surface area contributed by atoms with Crippen molar-refractivity contribution in [1.82, 2.24) is 9.71 Å². The SMILES string of the molecule is CNc1ncc(S(=O)(=O)NCCOCCOC)cc1Cl. The van der Waals surface area contributed by atoms with Crippen LogP contribution in [0, 0.1) is 0 Å². The molecule has 0 aliphatic heterocycles. The van der Waals surface area contributed by atoms with Crippen molar-refractivity contribution in [2.45, 2.75) is 4.90 Å². The molecule has 7 nitrogen and oxygen atoms in total. The number of ether oxygens (including phenoxy) is 2. The maximum atomic E-state index is 12.0. The van der Waals surface area contributed by atoms with Gasteiger partial charge in [-0.2, -0.15) is 0 Å². The van der Waals surface area contributed by atoms with Gasteiger partial charge in [-0.05, 0) is 6.07 Å². The molecule has 1 aromatic rings. The zero-order valence-corrected chi connectivity index (χ0v) is 12.9. The number of methoxy groups -OCH3 is 1. The van der Waals surface area contributed by atoms with Gasteiger partial charge in [0.15, 0.2) is 0 Å². The second kappa shape index (κ2) is 8.38. The van der Waals surface area contributed by atoms with Gasteiger partial charge in [-0.25, -0.2) is 18.1 Å². The van der Waals surface area contributed by atoms with Crippen LogP contribution in [-0.4, -0.2) is 53.9 Å². The van der Waals surface area contributed by atoms with E-state index in [1.807, 2.05) is 0 Å². The summed E-state index contributed by atoms with van der Waals surface area (Å²) in [5, 5.41) is 3.00. The fourth-order valence-corrected chi connectivity index (χ4v) is 2.64. The molecule has 0 unspecified atom stereocenters. The molecule has 0 saturated carbocycles.